The summed E-state index contributed by atoms with van der Waals surface area (Å²) in [7, 11) is 3.50. The third kappa shape index (κ3) is 4.06. The molecule has 0 radical (unpaired) electrons. The summed E-state index contributed by atoms with van der Waals surface area (Å²) in [6, 6.07) is 22.1. The van der Waals surface area contributed by atoms with Gasteiger partial charge >= 0.3 is 0 Å². The number of nitrogens with zero attached hydrogens (tertiary/aromatic N) is 3. The zero-order chi connectivity index (χ0) is 21.1. The van der Waals surface area contributed by atoms with Crippen LogP contribution < -0.4 is 4.74 Å². The van der Waals surface area contributed by atoms with Crippen molar-refractivity contribution in [2.24, 2.45) is 0 Å². The summed E-state index contributed by atoms with van der Waals surface area (Å²) in [4.78, 5) is 14.8. The maximum atomic E-state index is 13.0. The Morgan fingerprint density at radius 3 is 2.57 bits per heavy atom. The molecule has 1 amide bonds. The number of carbonyl (C=O) groups excluding carboxylic acids is 1. The van der Waals surface area contributed by atoms with Crippen LogP contribution in [0.3, 0.4) is 0 Å². The van der Waals surface area contributed by atoms with Gasteiger partial charge in [-0.1, -0.05) is 42.5 Å². The number of benzene rings is 3. The van der Waals surface area contributed by atoms with E-state index < -0.39 is 0 Å². The average Bonchev–Trinajstić information content (AvgIpc) is 3.26. The number of para-hydroxylation sites is 1. The molecule has 0 spiro atoms. The fourth-order valence-corrected chi connectivity index (χ4v) is 3.63. The molecule has 0 saturated heterocycles. The molecule has 5 nitrogen and oxygen atoms in total. The van der Waals surface area contributed by atoms with Crippen LogP contribution >= 0.6 is 0 Å². The highest BCUT2D eigenvalue weighted by Crippen LogP contribution is 2.26. The lowest BCUT2D eigenvalue weighted by Crippen LogP contribution is -2.30. The van der Waals surface area contributed by atoms with Crippen LogP contribution in [0.5, 0.6) is 5.75 Å². The molecule has 4 aromatic rings. The number of aromatic nitrogens is 2. The molecule has 30 heavy (non-hydrogen) atoms. The molecule has 1 atom stereocenters. The number of hydrogen-bond acceptors (Lipinski definition) is 3. The summed E-state index contributed by atoms with van der Waals surface area (Å²) >= 11 is 0. The topological polar surface area (TPSA) is 47.4 Å². The standard InChI is InChI=1S/C25H25N3O2/c1-18(20-9-10-22-14-24(30-3)12-11-21(22)13-20)25(29)27(2)16-19-15-26-28(17-19)23-7-5-4-6-8-23/h4-15,17-18H,16H2,1-3H3. The second-order valence-electron chi connectivity index (χ2n) is 7.52. The number of hydrogen-bond donors (Lipinski definition) is 0. The fourth-order valence-electron chi connectivity index (χ4n) is 3.63. The molecule has 1 heterocycles. The van der Waals surface area contributed by atoms with Crippen molar-refractivity contribution in [1.29, 1.82) is 0 Å². The van der Waals surface area contributed by atoms with Crippen LogP contribution in [0.25, 0.3) is 16.5 Å². The van der Waals surface area contributed by atoms with Crippen molar-refractivity contribution in [3.63, 3.8) is 0 Å². The van der Waals surface area contributed by atoms with Crippen molar-refractivity contribution in [3.05, 3.63) is 90.3 Å². The van der Waals surface area contributed by atoms with Crippen molar-refractivity contribution >= 4 is 16.7 Å². The van der Waals surface area contributed by atoms with Crippen molar-refractivity contribution < 1.29 is 9.53 Å². The Labute approximate surface area is 176 Å². The van der Waals surface area contributed by atoms with E-state index in [0.717, 1.165) is 33.3 Å². The molecule has 0 aliphatic carbocycles. The minimum absolute atomic E-state index is 0.0790. The highest BCUT2D eigenvalue weighted by Gasteiger charge is 2.20. The summed E-state index contributed by atoms with van der Waals surface area (Å²) in [5, 5.41) is 6.61. The first kappa shape index (κ1) is 19.7. The monoisotopic (exact) mass is 399 g/mol. The molecule has 0 aliphatic rings. The summed E-state index contributed by atoms with van der Waals surface area (Å²) in [5.74, 6) is 0.677. The van der Waals surface area contributed by atoms with Crippen molar-refractivity contribution in [1.82, 2.24) is 14.7 Å². The van der Waals surface area contributed by atoms with Gasteiger partial charge in [-0.2, -0.15) is 5.10 Å². The third-order valence-electron chi connectivity index (χ3n) is 5.39. The van der Waals surface area contributed by atoms with Gasteiger partial charge in [0.25, 0.3) is 0 Å². The van der Waals surface area contributed by atoms with Crippen LogP contribution in [-0.4, -0.2) is 34.7 Å². The molecule has 5 heteroatoms. The smallest absolute Gasteiger partial charge is 0.229 e. The summed E-state index contributed by atoms with van der Waals surface area (Å²) in [6.07, 6.45) is 3.78. The van der Waals surface area contributed by atoms with Gasteiger partial charge in [0, 0.05) is 25.4 Å². The van der Waals surface area contributed by atoms with Gasteiger partial charge in [0.2, 0.25) is 5.91 Å². The van der Waals surface area contributed by atoms with E-state index in [0.29, 0.717) is 6.54 Å². The number of methoxy groups -OCH3 is 1. The van der Waals surface area contributed by atoms with E-state index in [1.165, 1.54) is 0 Å². The van der Waals surface area contributed by atoms with E-state index in [1.54, 1.807) is 12.0 Å². The normalized spacial score (nSPS) is 12.0. The molecular formula is C25H25N3O2. The number of ether oxygens (including phenoxy) is 1. The predicted molar refractivity (Wildman–Crippen MR) is 119 cm³/mol. The molecule has 0 N–H and O–H groups in total. The van der Waals surface area contributed by atoms with Crippen LogP contribution in [-0.2, 0) is 11.3 Å². The maximum Gasteiger partial charge on any atom is 0.229 e. The number of amides is 1. The second kappa shape index (κ2) is 8.41. The van der Waals surface area contributed by atoms with Crippen LogP contribution in [0.2, 0.25) is 0 Å². The maximum absolute atomic E-state index is 13.0. The molecule has 1 aromatic heterocycles. The largest absolute Gasteiger partial charge is 0.497 e. The molecule has 0 aliphatic heterocycles. The average molecular weight is 399 g/mol. The van der Waals surface area contributed by atoms with Gasteiger partial charge in [-0.25, -0.2) is 4.68 Å². The zero-order valence-electron chi connectivity index (χ0n) is 17.4. The van der Waals surface area contributed by atoms with E-state index in [9.17, 15) is 4.79 Å². The van der Waals surface area contributed by atoms with Crippen molar-refractivity contribution in [2.45, 2.75) is 19.4 Å². The van der Waals surface area contributed by atoms with Crippen molar-refractivity contribution in [3.8, 4) is 11.4 Å². The number of likely N-dealkylation sites (N-methyl/N-ethyl adjacent to an activating group) is 1. The van der Waals surface area contributed by atoms with Gasteiger partial charge in [-0.05, 0) is 47.5 Å². The van der Waals surface area contributed by atoms with Crippen LogP contribution in [0.1, 0.15) is 24.0 Å². The summed E-state index contributed by atoms with van der Waals surface area (Å²) in [5.41, 5.74) is 3.00. The van der Waals surface area contributed by atoms with Gasteiger partial charge in [0.1, 0.15) is 5.75 Å². The fraction of sp³-hybridized carbons (Fsp3) is 0.200. The van der Waals surface area contributed by atoms with Gasteiger partial charge in [-0.3, -0.25) is 4.79 Å². The number of rotatable bonds is 6. The molecule has 4 rings (SSSR count). The second-order valence-corrected chi connectivity index (χ2v) is 7.52. The first-order chi connectivity index (χ1) is 14.5. The Kier molecular flexibility index (Phi) is 5.53. The molecule has 0 fully saturated rings. The Balaban J connectivity index is 1.47. The summed E-state index contributed by atoms with van der Waals surface area (Å²) < 4.78 is 7.12. The van der Waals surface area contributed by atoms with Crippen LogP contribution in [0.15, 0.2) is 79.1 Å². The Morgan fingerprint density at radius 2 is 1.80 bits per heavy atom. The predicted octanol–water partition coefficient (Wildman–Crippen LogP) is 4.80. The highest BCUT2D eigenvalue weighted by atomic mass is 16.5. The Morgan fingerprint density at radius 1 is 1.07 bits per heavy atom. The van der Waals surface area contributed by atoms with Crippen molar-refractivity contribution in [2.75, 3.05) is 14.2 Å². The molecule has 0 saturated carbocycles. The van der Waals surface area contributed by atoms with Crippen LogP contribution in [0, 0.1) is 0 Å². The molecule has 152 valence electrons. The van der Waals surface area contributed by atoms with E-state index in [2.05, 4.69) is 11.2 Å². The van der Waals surface area contributed by atoms with Gasteiger partial charge in [0.15, 0.2) is 0 Å². The molecular weight excluding hydrogens is 374 g/mol. The zero-order valence-corrected chi connectivity index (χ0v) is 17.4. The first-order valence-electron chi connectivity index (χ1n) is 9.97. The number of fused-ring (bicyclic) bond motifs is 1. The highest BCUT2D eigenvalue weighted by molar-refractivity contribution is 5.88. The number of carbonyl (C=O) groups is 1. The minimum Gasteiger partial charge on any atom is -0.497 e. The van der Waals surface area contributed by atoms with E-state index >= 15 is 0 Å². The minimum atomic E-state index is -0.231. The van der Waals surface area contributed by atoms with E-state index in [-0.39, 0.29) is 11.8 Å². The van der Waals surface area contributed by atoms with Crippen LogP contribution in [0.4, 0.5) is 0 Å². The van der Waals surface area contributed by atoms with Gasteiger partial charge in [-0.15, -0.1) is 0 Å². The Hall–Kier alpha value is -3.60. The lowest BCUT2D eigenvalue weighted by molar-refractivity contribution is -0.131. The van der Waals surface area contributed by atoms with E-state index in [1.807, 2.05) is 91.7 Å². The lowest BCUT2D eigenvalue weighted by Gasteiger charge is -2.21. The summed E-state index contributed by atoms with van der Waals surface area (Å²) in [6.45, 7) is 2.47. The lowest BCUT2D eigenvalue weighted by atomic mass is 9.96. The first-order valence-corrected chi connectivity index (χ1v) is 9.97. The molecule has 0 bridgehead atoms. The van der Waals surface area contributed by atoms with Gasteiger partial charge < -0.3 is 9.64 Å². The van der Waals surface area contributed by atoms with E-state index in [4.69, 9.17) is 4.74 Å². The quantitative estimate of drug-likeness (QED) is 0.468. The van der Waals surface area contributed by atoms with Gasteiger partial charge in [0.05, 0.1) is 24.9 Å². The third-order valence-corrected chi connectivity index (χ3v) is 5.39. The Bertz CT molecular complexity index is 1170. The molecule has 1 unspecified atom stereocenters. The molecule has 3 aromatic carbocycles. The SMILES string of the molecule is COc1ccc2cc(C(C)C(=O)N(C)Cc3cnn(-c4ccccc4)c3)ccc2c1.